The number of amides is 2. The summed E-state index contributed by atoms with van der Waals surface area (Å²) in [6.07, 6.45) is 0.252. The molecule has 2 amide bonds. The number of aryl methyl sites for hydroxylation is 1. The molecule has 0 radical (unpaired) electrons. The van der Waals surface area contributed by atoms with Crippen molar-refractivity contribution in [1.82, 2.24) is 10.3 Å². The molecule has 1 aromatic heterocycles. The molecule has 2 aromatic carbocycles. The molecular weight excluding hydrogens is 428 g/mol. The summed E-state index contributed by atoms with van der Waals surface area (Å²) >= 11 is 5.93. The molecule has 166 valence electrons. The summed E-state index contributed by atoms with van der Waals surface area (Å²) in [5, 5.41) is 16.3. The number of nitrogens with zero attached hydrogens (tertiary/aromatic N) is 1. The van der Waals surface area contributed by atoms with Gasteiger partial charge in [-0.3, -0.25) is 9.59 Å². The number of aromatic nitrogens is 1. The minimum absolute atomic E-state index is 0.0301. The van der Waals surface area contributed by atoms with Gasteiger partial charge in [0.15, 0.2) is 6.10 Å². The lowest BCUT2D eigenvalue weighted by Gasteiger charge is -2.15. The van der Waals surface area contributed by atoms with Crippen LogP contribution in [0.5, 0.6) is 0 Å². The maximum absolute atomic E-state index is 12.5. The first-order chi connectivity index (χ1) is 15.2. The van der Waals surface area contributed by atoms with Gasteiger partial charge in [-0.25, -0.2) is 4.98 Å². The van der Waals surface area contributed by atoms with E-state index in [1.54, 1.807) is 48.7 Å². The van der Waals surface area contributed by atoms with Gasteiger partial charge in [0.05, 0.1) is 5.56 Å². The van der Waals surface area contributed by atoms with E-state index < -0.39 is 12.0 Å². The van der Waals surface area contributed by atoms with Crippen LogP contribution in [-0.2, 0) is 4.79 Å². The Hall–Kier alpha value is -3.42. The van der Waals surface area contributed by atoms with E-state index in [-0.39, 0.29) is 17.8 Å². The van der Waals surface area contributed by atoms with E-state index in [9.17, 15) is 14.7 Å². The lowest BCUT2D eigenvalue weighted by atomic mass is 9.99. The van der Waals surface area contributed by atoms with E-state index in [1.165, 1.54) is 0 Å². The number of benzene rings is 2. The van der Waals surface area contributed by atoms with Crippen LogP contribution in [-0.4, -0.2) is 27.9 Å². The zero-order chi connectivity index (χ0) is 23.4. The van der Waals surface area contributed by atoms with Crippen molar-refractivity contribution in [3.05, 3.63) is 76.4 Å². The molecule has 8 heteroatoms. The first-order valence-corrected chi connectivity index (χ1v) is 10.5. The maximum Gasteiger partial charge on any atom is 0.257 e. The fraction of sp³-hybridized carbons (Fsp3) is 0.208. The van der Waals surface area contributed by atoms with Gasteiger partial charge in [0.2, 0.25) is 0 Å². The average Bonchev–Trinajstić information content (AvgIpc) is 2.73. The molecule has 1 heterocycles. The van der Waals surface area contributed by atoms with Gasteiger partial charge in [-0.1, -0.05) is 29.8 Å². The molecule has 3 aromatic rings. The highest BCUT2D eigenvalue weighted by molar-refractivity contribution is 6.30. The number of carbonyl (C=O) groups excluding carboxylic acids is 2. The van der Waals surface area contributed by atoms with Gasteiger partial charge >= 0.3 is 0 Å². The van der Waals surface area contributed by atoms with Gasteiger partial charge in [-0.2, -0.15) is 0 Å². The number of rotatable bonds is 6. The predicted molar refractivity (Wildman–Crippen MR) is 126 cm³/mol. The van der Waals surface area contributed by atoms with Crippen molar-refractivity contribution in [2.45, 2.75) is 32.9 Å². The Kier molecular flexibility index (Phi) is 7.12. The highest BCUT2D eigenvalue weighted by Gasteiger charge is 2.19. The molecule has 32 heavy (non-hydrogen) atoms. The number of nitrogens with one attached hydrogen (secondary N) is 2. The molecule has 0 aliphatic carbocycles. The van der Waals surface area contributed by atoms with Crippen LogP contribution in [0.1, 0.15) is 41.4 Å². The highest BCUT2D eigenvalue weighted by atomic mass is 35.5. The number of carbonyl (C=O) groups is 2. The van der Waals surface area contributed by atoms with Crippen LogP contribution in [0.15, 0.2) is 54.7 Å². The Bertz CT molecular complexity index is 1160. The fourth-order valence-corrected chi connectivity index (χ4v) is 3.45. The minimum Gasteiger partial charge on any atom is -0.383 e. The van der Waals surface area contributed by atoms with Gasteiger partial charge < -0.3 is 21.5 Å². The summed E-state index contributed by atoms with van der Waals surface area (Å²) in [6.45, 7) is 5.61. The van der Waals surface area contributed by atoms with Crippen LogP contribution in [0.3, 0.4) is 0 Å². The third-order valence-corrected chi connectivity index (χ3v) is 5.04. The monoisotopic (exact) mass is 452 g/mol. The van der Waals surface area contributed by atoms with Crippen LogP contribution in [0.4, 0.5) is 11.5 Å². The van der Waals surface area contributed by atoms with E-state index in [2.05, 4.69) is 15.6 Å². The smallest absolute Gasteiger partial charge is 0.257 e. The fourth-order valence-electron chi connectivity index (χ4n) is 3.25. The standard InChI is InChI=1S/C24H25ClN4O3/c1-13(2)28-23(31)20-11-16(12-27-22(20)26)19-8-7-18(9-14(19)3)29-24(32)21(30)15-5-4-6-17(25)10-15/h4-13,21,30H,1-3H3,(H2,26,27)(H,28,31)(H,29,32)/t21-/m0/s1. The molecule has 0 fully saturated rings. The molecule has 0 bridgehead atoms. The molecule has 0 saturated heterocycles. The van der Waals surface area contributed by atoms with Crippen molar-refractivity contribution in [3.63, 3.8) is 0 Å². The first-order valence-electron chi connectivity index (χ1n) is 10.1. The van der Waals surface area contributed by atoms with Crippen molar-refractivity contribution in [1.29, 1.82) is 0 Å². The van der Waals surface area contributed by atoms with Gasteiger partial charge in [-0.05, 0) is 67.8 Å². The Balaban J connectivity index is 1.81. The van der Waals surface area contributed by atoms with Crippen LogP contribution in [0, 0.1) is 6.92 Å². The largest absolute Gasteiger partial charge is 0.383 e. The SMILES string of the molecule is Cc1cc(NC(=O)[C@@H](O)c2cccc(Cl)c2)ccc1-c1cnc(N)c(C(=O)NC(C)C)c1. The second kappa shape index (κ2) is 9.80. The zero-order valence-corrected chi connectivity index (χ0v) is 18.8. The zero-order valence-electron chi connectivity index (χ0n) is 18.0. The molecule has 0 aliphatic rings. The van der Waals surface area contributed by atoms with E-state index in [1.807, 2.05) is 26.8 Å². The number of aliphatic hydroxyl groups is 1. The second-order valence-corrected chi connectivity index (χ2v) is 8.20. The van der Waals surface area contributed by atoms with Crippen LogP contribution >= 0.6 is 11.6 Å². The van der Waals surface area contributed by atoms with E-state index in [4.69, 9.17) is 17.3 Å². The Morgan fingerprint density at radius 1 is 1.12 bits per heavy atom. The molecular formula is C24H25ClN4O3. The third-order valence-electron chi connectivity index (χ3n) is 4.80. The molecule has 3 rings (SSSR count). The number of anilines is 2. The second-order valence-electron chi connectivity index (χ2n) is 7.76. The van der Waals surface area contributed by atoms with Crippen molar-refractivity contribution in [2.24, 2.45) is 0 Å². The van der Waals surface area contributed by atoms with Gasteiger partial charge in [0.1, 0.15) is 5.82 Å². The van der Waals surface area contributed by atoms with Crippen molar-refractivity contribution < 1.29 is 14.7 Å². The molecule has 0 unspecified atom stereocenters. The normalized spacial score (nSPS) is 11.8. The van der Waals surface area contributed by atoms with Gasteiger partial charge in [0.25, 0.3) is 11.8 Å². The lowest BCUT2D eigenvalue weighted by Crippen LogP contribution is -2.30. The number of hydrogen-bond donors (Lipinski definition) is 4. The number of hydrogen-bond acceptors (Lipinski definition) is 5. The molecule has 0 aliphatic heterocycles. The molecule has 1 atom stereocenters. The number of nitrogens with two attached hydrogens (primary N) is 1. The predicted octanol–water partition coefficient (Wildman–Crippen LogP) is 4.10. The lowest BCUT2D eigenvalue weighted by molar-refractivity contribution is -0.124. The number of aliphatic hydroxyl groups excluding tert-OH is 1. The van der Waals surface area contributed by atoms with Gasteiger partial charge in [0, 0.05) is 28.5 Å². The van der Waals surface area contributed by atoms with Crippen LogP contribution in [0.25, 0.3) is 11.1 Å². The van der Waals surface area contributed by atoms with Crippen molar-refractivity contribution in [3.8, 4) is 11.1 Å². The molecule has 7 nitrogen and oxygen atoms in total. The number of halogens is 1. The summed E-state index contributed by atoms with van der Waals surface area (Å²) in [4.78, 5) is 29.0. The Morgan fingerprint density at radius 3 is 2.53 bits per heavy atom. The van der Waals surface area contributed by atoms with Gasteiger partial charge in [-0.15, -0.1) is 0 Å². The van der Waals surface area contributed by atoms with Crippen molar-refractivity contribution in [2.75, 3.05) is 11.1 Å². The summed E-state index contributed by atoms with van der Waals surface area (Å²) < 4.78 is 0. The number of pyridine rings is 1. The summed E-state index contributed by atoms with van der Waals surface area (Å²) in [5.74, 6) is -0.701. The van der Waals surface area contributed by atoms with Crippen LogP contribution < -0.4 is 16.4 Å². The number of nitrogen functional groups attached to an aromatic ring is 1. The highest BCUT2D eigenvalue weighted by Crippen LogP contribution is 2.28. The third kappa shape index (κ3) is 5.43. The van der Waals surface area contributed by atoms with Crippen molar-refractivity contribution >= 4 is 34.9 Å². The van der Waals surface area contributed by atoms with E-state index >= 15 is 0 Å². The molecule has 0 spiro atoms. The first kappa shape index (κ1) is 23.2. The maximum atomic E-state index is 12.5. The summed E-state index contributed by atoms with van der Waals surface area (Å²) in [6, 6.07) is 13.5. The summed E-state index contributed by atoms with van der Waals surface area (Å²) in [5.41, 5.74) is 9.54. The summed E-state index contributed by atoms with van der Waals surface area (Å²) in [7, 11) is 0. The molecule has 0 saturated carbocycles. The Morgan fingerprint density at radius 2 is 1.88 bits per heavy atom. The topological polar surface area (TPSA) is 117 Å². The quantitative estimate of drug-likeness (QED) is 0.449. The van der Waals surface area contributed by atoms with E-state index in [0.717, 1.165) is 16.7 Å². The molecule has 5 N–H and O–H groups in total. The average molecular weight is 453 g/mol. The van der Waals surface area contributed by atoms with Crippen LogP contribution in [0.2, 0.25) is 5.02 Å². The van der Waals surface area contributed by atoms with E-state index in [0.29, 0.717) is 21.8 Å². The minimum atomic E-state index is -1.35. The Labute approximate surface area is 191 Å².